The summed E-state index contributed by atoms with van der Waals surface area (Å²) in [5.74, 6) is -1.40. The summed E-state index contributed by atoms with van der Waals surface area (Å²) in [6.07, 6.45) is 1.82. The summed E-state index contributed by atoms with van der Waals surface area (Å²) < 4.78 is 1.62. The average Bonchev–Trinajstić information content (AvgIpc) is 3.07. The maximum atomic E-state index is 13.0. The predicted octanol–water partition coefficient (Wildman–Crippen LogP) is 1.16. The molecule has 2 aliphatic heterocycles. The molecular weight excluding hydrogens is 348 g/mol. The molecule has 0 aliphatic carbocycles. The molecule has 27 heavy (non-hydrogen) atoms. The number of likely N-dealkylation sites (tertiary alicyclic amines) is 2. The molecule has 0 radical (unpaired) electrons. The third kappa shape index (κ3) is 3.33. The van der Waals surface area contributed by atoms with Crippen LogP contribution in [0.25, 0.3) is 0 Å². The van der Waals surface area contributed by atoms with Crippen LogP contribution in [-0.4, -0.2) is 68.1 Å². The van der Waals surface area contributed by atoms with Crippen LogP contribution in [0.5, 0.6) is 0 Å². The standard InChI is InChI=1S/C19H28N4O4/c1-12(2)9-13-10-15(22(4)20-13)17(25)23-7-5-19(6-8-23)14(18(26)27)11-16(24)21(19)3/h10,12,14H,5-9,11H2,1-4H3,(H,26,27). The summed E-state index contributed by atoms with van der Waals surface area (Å²) in [5, 5.41) is 14.0. The van der Waals surface area contributed by atoms with Crippen LogP contribution < -0.4 is 0 Å². The number of carboxylic acid groups (broad SMARTS) is 1. The molecule has 148 valence electrons. The summed E-state index contributed by atoms with van der Waals surface area (Å²) in [6, 6.07) is 1.85. The molecule has 1 spiro atoms. The summed E-state index contributed by atoms with van der Waals surface area (Å²) >= 11 is 0. The minimum absolute atomic E-state index is 0.0417. The number of amides is 2. The van der Waals surface area contributed by atoms with E-state index in [9.17, 15) is 19.5 Å². The number of carboxylic acids is 1. The molecule has 2 saturated heterocycles. The molecule has 1 N–H and O–H groups in total. The molecular formula is C19H28N4O4. The topological polar surface area (TPSA) is 95.7 Å². The number of rotatable bonds is 4. The van der Waals surface area contributed by atoms with Crippen molar-refractivity contribution < 1.29 is 19.5 Å². The van der Waals surface area contributed by atoms with Crippen molar-refractivity contribution in [3.05, 3.63) is 17.5 Å². The van der Waals surface area contributed by atoms with Gasteiger partial charge in [-0.1, -0.05) is 13.8 Å². The monoisotopic (exact) mass is 376 g/mol. The van der Waals surface area contributed by atoms with Crippen molar-refractivity contribution in [2.45, 2.75) is 45.1 Å². The number of hydrogen-bond acceptors (Lipinski definition) is 4. The van der Waals surface area contributed by atoms with Crippen LogP contribution in [0.15, 0.2) is 6.07 Å². The molecule has 1 atom stereocenters. The quantitative estimate of drug-likeness (QED) is 0.851. The van der Waals surface area contributed by atoms with Crippen molar-refractivity contribution in [2.75, 3.05) is 20.1 Å². The molecule has 2 amide bonds. The molecule has 8 heteroatoms. The molecule has 2 fully saturated rings. The highest BCUT2D eigenvalue weighted by Gasteiger charge is 2.55. The molecule has 3 rings (SSSR count). The Morgan fingerprint density at radius 2 is 1.93 bits per heavy atom. The van der Waals surface area contributed by atoms with Crippen molar-refractivity contribution >= 4 is 17.8 Å². The number of aryl methyl sites for hydroxylation is 1. The lowest BCUT2D eigenvalue weighted by Gasteiger charge is -2.45. The van der Waals surface area contributed by atoms with Gasteiger partial charge in [-0.25, -0.2) is 0 Å². The van der Waals surface area contributed by atoms with E-state index in [2.05, 4.69) is 18.9 Å². The van der Waals surface area contributed by atoms with Crippen molar-refractivity contribution in [2.24, 2.45) is 18.9 Å². The SMILES string of the molecule is CC(C)Cc1cc(C(=O)N2CCC3(CC2)C(C(=O)O)CC(=O)N3C)n(C)n1. The number of hydrogen-bond donors (Lipinski definition) is 1. The highest BCUT2D eigenvalue weighted by atomic mass is 16.4. The van der Waals surface area contributed by atoms with E-state index < -0.39 is 17.4 Å². The lowest BCUT2D eigenvalue weighted by Crippen LogP contribution is -2.57. The second-order valence-electron chi connectivity index (χ2n) is 8.19. The maximum Gasteiger partial charge on any atom is 0.309 e. The van der Waals surface area contributed by atoms with E-state index in [1.54, 1.807) is 28.6 Å². The first-order chi connectivity index (χ1) is 12.7. The van der Waals surface area contributed by atoms with Crippen LogP contribution in [0.2, 0.25) is 0 Å². The second-order valence-corrected chi connectivity index (χ2v) is 8.19. The Hall–Kier alpha value is -2.38. The van der Waals surface area contributed by atoms with Gasteiger partial charge >= 0.3 is 5.97 Å². The Bertz CT molecular complexity index is 762. The number of piperidine rings is 1. The van der Waals surface area contributed by atoms with Crippen LogP contribution in [0.1, 0.15) is 49.3 Å². The van der Waals surface area contributed by atoms with Crippen molar-refractivity contribution in [3.63, 3.8) is 0 Å². The van der Waals surface area contributed by atoms with Gasteiger partial charge < -0.3 is 14.9 Å². The summed E-state index contributed by atoms with van der Waals surface area (Å²) in [4.78, 5) is 40.1. The predicted molar refractivity (Wildman–Crippen MR) is 98.1 cm³/mol. The van der Waals surface area contributed by atoms with Crippen LogP contribution in [0, 0.1) is 11.8 Å². The van der Waals surface area contributed by atoms with E-state index in [0.717, 1.165) is 12.1 Å². The molecule has 1 aromatic rings. The first kappa shape index (κ1) is 19.4. The van der Waals surface area contributed by atoms with Crippen LogP contribution >= 0.6 is 0 Å². The van der Waals surface area contributed by atoms with Gasteiger partial charge in [0.25, 0.3) is 5.91 Å². The highest BCUT2D eigenvalue weighted by molar-refractivity contribution is 5.93. The van der Waals surface area contributed by atoms with Crippen LogP contribution in [0.3, 0.4) is 0 Å². The Labute approximate surface area is 159 Å². The van der Waals surface area contributed by atoms with Gasteiger partial charge in [-0.15, -0.1) is 0 Å². The molecule has 1 aromatic heterocycles. The van der Waals surface area contributed by atoms with Crippen molar-refractivity contribution in [1.82, 2.24) is 19.6 Å². The lowest BCUT2D eigenvalue weighted by molar-refractivity contribution is -0.145. The molecule has 0 bridgehead atoms. The highest BCUT2D eigenvalue weighted by Crippen LogP contribution is 2.43. The lowest BCUT2D eigenvalue weighted by atomic mass is 9.77. The minimum Gasteiger partial charge on any atom is -0.481 e. The van der Waals surface area contributed by atoms with Crippen molar-refractivity contribution in [3.8, 4) is 0 Å². The molecule has 0 aromatic carbocycles. The molecule has 2 aliphatic rings. The molecule has 8 nitrogen and oxygen atoms in total. The fourth-order valence-electron chi connectivity index (χ4n) is 4.49. The Balaban J connectivity index is 1.74. The minimum atomic E-state index is -0.933. The fourth-order valence-corrected chi connectivity index (χ4v) is 4.49. The molecule has 0 saturated carbocycles. The second kappa shape index (κ2) is 6.98. The number of nitrogens with zero attached hydrogens (tertiary/aromatic N) is 4. The third-order valence-electron chi connectivity index (χ3n) is 6.05. The zero-order chi connectivity index (χ0) is 19.9. The van der Waals surface area contributed by atoms with Gasteiger partial charge in [0, 0.05) is 33.6 Å². The number of carbonyl (C=O) groups is 3. The fraction of sp³-hybridized carbons (Fsp3) is 0.684. The Kier molecular flexibility index (Phi) is 5.01. The van der Waals surface area contributed by atoms with Gasteiger partial charge in [-0.05, 0) is 31.2 Å². The van der Waals surface area contributed by atoms with Gasteiger partial charge in [-0.2, -0.15) is 5.10 Å². The largest absolute Gasteiger partial charge is 0.481 e. The van der Waals surface area contributed by atoms with Gasteiger partial charge in [0.1, 0.15) is 5.69 Å². The van der Waals surface area contributed by atoms with E-state index in [1.165, 1.54) is 0 Å². The number of aromatic nitrogens is 2. The van der Waals surface area contributed by atoms with Gasteiger partial charge in [0.05, 0.1) is 17.2 Å². The first-order valence-corrected chi connectivity index (χ1v) is 9.47. The zero-order valence-corrected chi connectivity index (χ0v) is 16.4. The van der Waals surface area contributed by atoms with E-state index in [0.29, 0.717) is 37.5 Å². The summed E-state index contributed by atoms with van der Waals surface area (Å²) in [7, 11) is 3.45. The van der Waals surface area contributed by atoms with E-state index in [4.69, 9.17) is 0 Å². The number of carbonyl (C=O) groups excluding carboxylic acids is 2. The summed E-state index contributed by atoms with van der Waals surface area (Å²) in [6.45, 7) is 5.09. The molecule has 3 heterocycles. The van der Waals surface area contributed by atoms with Crippen molar-refractivity contribution in [1.29, 1.82) is 0 Å². The van der Waals surface area contributed by atoms with Crippen LogP contribution in [0.4, 0.5) is 0 Å². The van der Waals surface area contributed by atoms with E-state index in [1.807, 2.05) is 6.07 Å². The smallest absolute Gasteiger partial charge is 0.309 e. The normalized spacial score (nSPS) is 22.1. The number of aliphatic carboxylic acids is 1. The Morgan fingerprint density at radius 1 is 1.30 bits per heavy atom. The van der Waals surface area contributed by atoms with E-state index >= 15 is 0 Å². The Morgan fingerprint density at radius 3 is 2.48 bits per heavy atom. The third-order valence-corrected chi connectivity index (χ3v) is 6.05. The van der Waals surface area contributed by atoms with Crippen LogP contribution in [-0.2, 0) is 23.1 Å². The average molecular weight is 376 g/mol. The van der Waals surface area contributed by atoms with Gasteiger partial charge in [0.2, 0.25) is 5.91 Å². The van der Waals surface area contributed by atoms with E-state index in [-0.39, 0.29) is 18.2 Å². The molecule has 1 unspecified atom stereocenters. The first-order valence-electron chi connectivity index (χ1n) is 9.47. The van der Waals surface area contributed by atoms with Gasteiger partial charge in [0.15, 0.2) is 0 Å². The van der Waals surface area contributed by atoms with Gasteiger partial charge in [-0.3, -0.25) is 19.1 Å². The zero-order valence-electron chi connectivity index (χ0n) is 16.4. The summed E-state index contributed by atoms with van der Waals surface area (Å²) in [5.41, 5.74) is 0.762. The maximum absolute atomic E-state index is 13.0.